The normalized spacial score (nSPS) is 12.9. The van der Waals surface area contributed by atoms with Gasteiger partial charge in [-0.05, 0) is 0 Å². The van der Waals surface area contributed by atoms with Crippen molar-refractivity contribution in [2.24, 2.45) is 11.5 Å². The molecule has 0 bridgehead atoms. The largest absolute Gasteiger partial charge is 0.467 e. The molecule has 90 valence electrons. The van der Waals surface area contributed by atoms with Crippen LogP contribution in [0, 0.1) is 0 Å². The van der Waals surface area contributed by atoms with Crippen LogP contribution >= 0.6 is 0 Å². The number of hydrogen-bond donors (Lipinski definition) is 4. The van der Waals surface area contributed by atoms with Crippen molar-refractivity contribution in [3.8, 4) is 0 Å². The molecule has 0 rings (SSSR count). The molecular weight excluding hydrogens is 208 g/mol. The third kappa shape index (κ3) is 6.80. The van der Waals surface area contributed by atoms with E-state index in [9.17, 15) is 9.59 Å². The Morgan fingerprint density at radius 1 is 1.07 bits per heavy atom. The highest BCUT2D eigenvalue weighted by molar-refractivity contribution is 5.85. The van der Waals surface area contributed by atoms with Gasteiger partial charge in [-0.3, -0.25) is 0 Å². The number of hydrogen-bond acceptors (Lipinski definition) is 8. The topological polar surface area (TPSA) is 145 Å². The molecule has 0 aliphatic carbocycles. The van der Waals surface area contributed by atoms with Gasteiger partial charge >= 0.3 is 11.9 Å². The first-order chi connectivity index (χ1) is 6.95. The highest BCUT2D eigenvalue weighted by Crippen LogP contribution is 1.97. The molecular formula is C7H16N2O6. The van der Waals surface area contributed by atoms with Crippen molar-refractivity contribution in [1.82, 2.24) is 0 Å². The summed E-state index contributed by atoms with van der Waals surface area (Å²) >= 11 is 0. The average molecular weight is 224 g/mol. The summed E-state index contributed by atoms with van der Waals surface area (Å²) in [5.74, 6) is -2.18. The van der Waals surface area contributed by atoms with E-state index >= 15 is 0 Å². The maximum atomic E-state index is 10.5. The van der Waals surface area contributed by atoms with E-state index in [1.54, 1.807) is 0 Å². The van der Waals surface area contributed by atoms with Crippen molar-refractivity contribution < 1.29 is 29.3 Å². The third-order valence-corrected chi connectivity index (χ3v) is 1.18. The smallest absolute Gasteiger partial charge is 0.338 e. The summed E-state index contributed by atoms with van der Waals surface area (Å²) in [6.07, 6.45) is -3.80. The summed E-state index contributed by atoms with van der Waals surface area (Å²) in [6, 6.07) is 0. The van der Waals surface area contributed by atoms with Gasteiger partial charge in [0.1, 0.15) is 0 Å². The number of rotatable bonds is 3. The Morgan fingerprint density at radius 3 is 1.40 bits per heavy atom. The lowest BCUT2D eigenvalue weighted by atomic mass is 10.2. The average Bonchev–Trinajstić information content (AvgIpc) is 2.25. The van der Waals surface area contributed by atoms with Gasteiger partial charge in [0.2, 0.25) is 0 Å². The third-order valence-electron chi connectivity index (χ3n) is 1.18. The minimum Gasteiger partial charge on any atom is -0.467 e. The number of aliphatic hydroxyl groups is 2. The molecule has 0 aromatic heterocycles. The molecule has 0 spiro atoms. The van der Waals surface area contributed by atoms with Gasteiger partial charge in [0.05, 0.1) is 14.2 Å². The summed E-state index contributed by atoms with van der Waals surface area (Å²) in [7, 11) is 2.05. The molecule has 6 N–H and O–H groups in total. The fraction of sp³-hybridized carbons (Fsp3) is 0.714. The second-order valence-corrected chi connectivity index (χ2v) is 2.17. The highest BCUT2D eigenvalue weighted by atomic mass is 16.6. The molecule has 8 nitrogen and oxygen atoms in total. The van der Waals surface area contributed by atoms with Gasteiger partial charge in [0, 0.05) is 6.67 Å². The molecule has 8 heteroatoms. The lowest BCUT2D eigenvalue weighted by molar-refractivity contribution is -0.169. The number of methoxy groups -OCH3 is 2. The molecule has 0 aromatic carbocycles. The Labute approximate surface area is 86.8 Å². The number of aliphatic hydroxyl groups excluding tert-OH is 2. The Kier molecular flexibility index (Phi) is 10.1. The zero-order valence-corrected chi connectivity index (χ0v) is 8.54. The van der Waals surface area contributed by atoms with Crippen molar-refractivity contribution in [2.45, 2.75) is 12.2 Å². The van der Waals surface area contributed by atoms with Gasteiger partial charge in [-0.25, -0.2) is 9.59 Å². The van der Waals surface area contributed by atoms with Crippen molar-refractivity contribution in [1.29, 1.82) is 0 Å². The number of ether oxygens (including phenoxy) is 2. The van der Waals surface area contributed by atoms with Crippen LogP contribution in [0.1, 0.15) is 0 Å². The Balaban J connectivity index is 0. The predicted molar refractivity (Wildman–Crippen MR) is 49.3 cm³/mol. The summed E-state index contributed by atoms with van der Waals surface area (Å²) in [6.45, 7) is 0.250. The second kappa shape index (κ2) is 9.34. The van der Waals surface area contributed by atoms with Crippen molar-refractivity contribution >= 4 is 11.9 Å². The monoisotopic (exact) mass is 224 g/mol. The van der Waals surface area contributed by atoms with Crippen LogP contribution in [-0.2, 0) is 19.1 Å². The maximum Gasteiger partial charge on any atom is 0.338 e. The van der Waals surface area contributed by atoms with Crippen LogP contribution in [0.15, 0.2) is 0 Å². The minimum atomic E-state index is -1.90. The van der Waals surface area contributed by atoms with Crippen LogP contribution in [-0.4, -0.2) is 55.2 Å². The van der Waals surface area contributed by atoms with Gasteiger partial charge in [-0.2, -0.15) is 0 Å². The van der Waals surface area contributed by atoms with Crippen LogP contribution in [0.25, 0.3) is 0 Å². The van der Waals surface area contributed by atoms with E-state index in [2.05, 4.69) is 20.9 Å². The van der Waals surface area contributed by atoms with Crippen LogP contribution in [0.2, 0.25) is 0 Å². The first kappa shape index (κ1) is 16.2. The Morgan fingerprint density at radius 2 is 1.27 bits per heavy atom. The first-order valence-electron chi connectivity index (χ1n) is 3.88. The highest BCUT2D eigenvalue weighted by Gasteiger charge is 2.31. The molecule has 0 saturated heterocycles. The molecule has 2 unspecified atom stereocenters. The van der Waals surface area contributed by atoms with Crippen molar-refractivity contribution in [2.75, 3.05) is 20.9 Å². The fourth-order valence-electron chi connectivity index (χ4n) is 0.499. The zero-order valence-electron chi connectivity index (χ0n) is 8.54. The van der Waals surface area contributed by atoms with E-state index in [1.807, 2.05) is 0 Å². The number of esters is 2. The molecule has 0 heterocycles. The fourth-order valence-corrected chi connectivity index (χ4v) is 0.499. The second-order valence-electron chi connectivity index (χ2n) is 2.17. The van der Waals surface area contributed by atoms with Gasteiger partial charge in [-0.1, -0.05) is 0 Å². The quantitative estimate of drug-likeness (QED) is 0.291. The van der Waals surface area contributed by atoms with E-state index in [1.165, 1.54) is 0 Å². The number of carbonyl (C=O) groups excluding carboxylic acids is 2. The van der Waals surface area contributed by atoms with Crippen LogP contribution < -0.4 is 11.5 Å². The molecule has 2 atom stereocenters. The molecule has 0 amide bonds. The first-order valence-corrected chi connectivity index (χ1v) is 3.88. The van der Waals surface area contributed by atoms with Gasteiger partial charge in [0.25, 0.3) is 0 Å². The standard InChI is InChI=1S/C6H10O6.CH6N2/c1-11-5(9)3(7)4(8)6(10)12-2;2-1-3/h3-4,7-8H,1-2H3;1-3H2. The summed E-state index contributed by atoms with van der Waals surface area (Å²) < 4.78 is 8.14. The molecule has 0 fully saturated rings. The molecule has 0 radical (unpaired) electrons. The predicted octanol–water partition coefficient (Wildman–Crippen LogP) is -3.08. The lowest BCUT2D eigenvalue weighted by Gasteiger charge is -2.12. The summed E-state index contributed by atoms with van der Waals surface area (Å²) in [4.78, 5) is 21.1. The maximum absolute atomic E-state index is 10.5. The van der Waals surface area contributed by atoms with Crippen molar-refractivity contribution in [3.05, 3.63) is 0 Å². The summed E-state index contributed by atoms with van der Waals surface area (Å²) in [5, 5.41) is 17.7. The molecule has 0 aromatic rings. The zero-order chi connectivity index (χ0) is 12.4. The summed E-state index contributed by atoms with van der Waals surface area (Å²) in [5.41, 5.74) is 9.25. The van der Waals surface area contributed by atoms with Gasteiger partial charge in [0.15, 0.2) is 12.2 Å². The molecule has 0 aliphatic heterocycles. The van der Waals surface area contributed by atoms with Crippen LogP contribution in [0.5, 0.6) is 0 Å². The number of carbonyl (C=O) groups is 2. The lowest BCUT2D eigenvalue weighted by Crippen LogP contribution is -2.40. The SMILES string of the molecule is COC(=O)C(O)C(O)C(=O)OC.NCN. The Bertz CT molecular complexity index is 178. The van der Waals surface area contributed by atoms with E-state index < -0.39 is 24.1 Å². The van der Waals surface area contributed by atoms with E-state index in [-0.39, 0.29) is 6.67 Å². The Hall–Kier alpha value is -1.22. The van der Waals surface area contributed by atoms with E-state index in [4.69, 9.17) is 10.2 Å². The van der Waals surface area contributed by atoms with Gasteiger partial charge in [-0.15, -0.1) is 0 Å². The van der Waals surface area contributed by atoms with Crippen LogP contribution in [0.4, 0.5) is 0 Å². The number of nitrogens with two attached hydrogens (primary N) is 2. The van der Waals surface area contributed by atoms with Crippen molar-refractivity contribution in [3.63, 3.8) is 0 Å². The molecule has 0 saturated carbocycles. The molecule has 0 aliphatic rings. The van der Waals surface area contributed by atoms with E-state index in [0.717, 1.165) is 14.2 Å². The van der Waals surface area contributed by atoms with E-state index in [0.29, 0.717) is 0 Å². The van der Waals surface area contributed by atoms with Crippen LogP contribution in [0.3, 0.4) is 0 Å². The van der Waals surface area contributed by atoms with Gasteiger partial charge < -0.3 is 31.2 Å². The minimum absolute atomic E-state index is 0.250. The molecule has 15 heavy (non-hydrogen) atoms.